The lowest BCUT2D eigenvalue weighted by atomic mass is 10.00. The molecule has 0 aliphatic heterocycles. The number of carbonyl (C=O) groups excluding carboxylic acids is 1. The Bertz CT molecular complexity index is 213. The van der Waals surface area contributed by atoms with Crippen LogP contribution in [-0.4, -0.2) is 24.1 Å². The number of carbonyl (C=O) groups is 1. The summed E-state index contributed by atoms with van der Waals surface area (Å²) in [7, 11) is 1.47. The molecule has 1 rings (SSSR count). The molecule has 0 bridgehead atoms. The average molecular weight is 200 g/mol. The maximum Gasteiger partial charge on any atom is 0.322 e. The fourth-order valence-corrected chi connectivity index (χ4v) is 2.50. The molecular formula is C10H16O2S. The first-order chi connectivity index (χ1) is 6.25. The second kappa shape index (κ2) is 4.70. The van der Waals surface area contributed by atoms with E-state index in [4.69, 9.17) is 4.74 Å². The summed E-state index contributed by atoms with van der Waals surface area (Å²) < 4.78 is 4.53. The standard InChI is InChI=1S/C10H16O2S/c1-12-9(11)10(13-2)7-5-3-4-6-8-10/h3,5H,4,6-8H2,1-2H3. The van der Waals surface area contributed by atoms with Crippen molar-refractivity contribution in [1.29, 1.82) is 0 Å². The third-order valence-corrected chi connectivity index (χ3v) is 3.83. The van der Waals surface area contributed by atoms with Crippen LogP contribution in [0.5, 0.6) is 0 Å². The van der Waals surface area contributed by atoms with E-state index in [2.05, 4.69) is 12.2 Å². The molecule has 1 aliphatic carbocycles. The highest BCUT2D eigenvalue weighted by atomic mass is 32.2. The maximum atomic E-state index is 11.6. The Balaban J connectivity index is 2.77. The Morgan fingerprint density at radius 1 is 1.54 bits per heavy atom. The zero-order chi connectivity index (χ0) is 9.73. The predicted octanol–water partition coefficient (Wildman–Crippen LogP) is 2.39. The maximum absolute atomic E-state index is 11.6. The second-order valence-corrected chi connectivity index (χ2v) is 4.45. The Labute approximate surface area is 83.7 Å². The van der Waals surface area contributed by atoms with Crippen LogP contribution in [0.15, 0.2) is 12.2 Å². The molecule has 0 spiro atoms. The van der Waals surface area contributed by atoms with Crippen molar-refractivity contribution in [3.8, 4) is 0 Å². The molecule has 1 unspecified atom stereocenters. The molecule has 1 atom stereocenters. The topological polar surface area (TPSA) is 26.3 Å². The number of hydrogen-bond acceptors (Lipinski definition) is 3. The average Bonchev–Trinajstić information content (AvgIpc) is 2.42. The normalized spacial score (nSPS) is 28.2. The summed E-state index contributed by atoms with van der Waals surface area (Å²) in [4.78, 5) is 11.6. The van der Waals surface area contributed by atoms with Gasteiger partial charge in [-0.15, -0.1) is 11.8 Å². The van der Waals surface area contributed by atoms with Crippen molar-refractivity contribution < 1.29 is 9.53 Å². The number of ether oxygens (including phenoxy) is 1. The summed E-state index contributed by atoms with van der Waals surface area (Å²) in [6, 6.07) is 0. The van der Waals surface area contributed by atoms with E-state index < -0.39 is 0 Å². The van der Waals surface area contributed by atoms with Crippen molar-refractivity contribution in [2.45, 2.75) is 30.4 Å². The monoisotopic (exact) mass is 200 g/mol. The Morgan fingerprint density at radius 2 is 2.31 bits per heavy atom. The van der Waals surface area contributed by atoms with E-state index >= 15 is 0 Å². The van der Waals surface area contributed by atoms with Crippen molar-refractivity contribution in [3.63, 3.8) is 0 Å². The van der Waals surface area contributed by atoms with Gasteiger partial charge in [0.1, 0.15) is 4.75 Å². The minimum Gasteiger partial charge on any atom is -0.468 e. The van der Waals surface area contributed by atoms with Gasteiger partial charge in [-0.25, -0.2) is 0 Å². The molecule has 0 aromatic carbocycles. The summed E-state index contributed by atoms with van der Waals surface area (Å²) in [5, 5.41) is 0. The summed E-state index contributed by atoms with van der Waals surface area (Å²) >= 11 is 1.61. The van der Waals surface area contributed by atoms with Crippen LogP contribution in [0.1, 0.15) is 25.7 Å². The zero-order valence-electron chi connectivity index (χ0n) is 8.21. The van der Waals surface area contributed by atoms with Crippen LogP contribution in [-0.2, 0) is 9.53 Å². The molecule has 13 heavy (non-hydrogen) atoms. The Kier molecular flexibility index (Phi) is 3.85. The minimum atomic E-state index is -0.318. The molecule has 1 aliphatic rings. The van der Waals surface area contributed by atoms with E-state index in [0.717, 1.165) is 25.7 Å². The molecule has 74 valence electrons. The predicted molar refractivity (Wildman–Crippen MR) is 55.9 cm³/mol. The lowest BCUT2D eigenvalue weighted by Gasteiger charge is -2.26. The van der Waals surface area contributed by atoms with Crippen LogP contribution in [0, 0.1) is 0 Å². The molecule has 0 N–H and O–H groups in total. The van der Waals surface area contributed by atoms with E-state index in [1.54, 1.807) is 11.8 Å². The van der Waals surface area contributed by atoms with Crippen molar-refractivity contribution in [2.24, 2.45) is 0 Å². The highest BCUT2D eigenvalue weighted by molar-refractivity contribution is 8.00. The van der Waals surface area contributed by atoms with Gasteiger partial charge in [0.25, 0.3) is 0 Å². The fourth-order valence-electron chi connectivity index (χ4n) is 1.64. The molecule has 0 saturated carbocycles. The number of thioether (sulfide) groups is 1. The van der Waals surface area contributed by atoms with Gasteiger partial charge in [-0.2, -0.15) is 0 Å². The van der Waals surface area contributed by atoms with E-state index in [0.29, 0.717) is 0 Å². The number of esters is 1. The molecule has 3 heteroatoms. The highest BCUT2D eigenvalue weighted by Crippen LogP contribution is 2.36. The molecule has 0 heterocycles. The zero-order valence-corrected chi connectivity index (χ0v) is 9.02. The molecule has 0 amide bonds. The van der Waals surface area contributed by atoms with Gasteiger partial charge in [0.15, 0.2) is 0 Å². The molecule has 0 aromatic rings. The third-order valence-electron chi connectivity index (χ3n) is 2.51. The van der Waals surface area contributed by atoms with Gasteiger partial charge in [0.05, 0.1) is 7.11 Å². The van der Waals surface area contributed by atoms with Gasteiger partial charge in [-0.1, -0.05) is 12.2 Å². The van der Waals surface area contributed by atoms with Crippen LogP contribution >= 0.6 is 11.8 Å². The first-order valence-electron chi connectivity index (χ1n) is 4.54. The van der Waals surface area contributed by atoms with E-state index in [1.807, 2.05) is 6.26 Å². The molecule has 0 radical (unpaired) electrons. The Hall–Kier alpha value is -0.440. The number of methoxy groups -OCH3 is 1. The second-order valence-electron chi connectivity index (χ2n) is 3.26. The van der Waals surface area contributed by atoms with Crippen LogP contribution in [0.3, 0.4) is 0 Å². The van der Waals surface area contributed by atoms with E-state index in [-0.39, 0.29) is 10.7 Å². The molecule has 2 nitrogen and oxygen atoms in total. The van der Waals surface area contributed by atoms with Crippen molar-refractivity contribution >= 4 is 17.7 Å². The summed E-state index contributed by atoms with van der Waals surface area (Å²) in [5.41, 5.74) is 0. The molecule has 0 aromatic heterocycles. The first-order valence-corrected chi connectivity index (χ1v) is 5.76. The van der Waals surface area contributed by atoms with Crippen molar-refractivity contribution in [3.05, 3.63) is 12.2 Å². The SMILES string of the molecule is COC(=O)C1(SC)CC=CCCC1. The van der Waals surface area contributed by atoms with Crippen molar-refractivity contribution in [2.75, 3.05) is 13.4 Å². The van der Waals surface area contributed by atoms with Gasteiger partial charge in [-0.3, -0.25) is 4.79 Å². The molecular weight excluding hydrogens is 184 g/mol. The van der Waals surface area contributed by atoms with Crippen LogP contribution < -0.4 is 0 Å². The molecule has 0 saturated heterocycles. The van der Waals surface area contributed by atoms with Crippen molar-refractivity contribution in [1.82, 2.24) is 0 Å². The van der Waals surface area contributed by atoms with Gasteiger partial charge in [0.2, 0.25) is 0 Å². The lowest BCUT2D eigenvalue weighted by molar-refractivity contribution is -0.143. The van der Waals surface area contributed by atoms with E-state index in [1.165, 1.54) is 7.11 Å². The smallest absolute Gasteiger partial charge is 0.322 e. The number of hydrogen-bond donors (Lipinski definition) is 0. The third kappa shape index (κ3) is 2.27. The van der Waals surface area contributed by atoms with Gasteiger partial charge in [-0.05, 0) is 31.9 Å². The number of allylic oxidation sites excluding steroid dienone is 2. The van der Waals surface area contributed by atoms with Crippen LogP contribution in [0.4, 0.5) is 0 Å². The van der Waals surface area contributed by atoms with E-state index in [9.17, 15) is 4.79 Å². The van der Waals surface area contributed by atoms with Crippen LogP contribution in [0.25, 0.3) is 0 Å². The highest BCUT2D eigenvalue weighted by Gasteiger charge is 2.37. The minimum absolute atomic E-state index is 0.0773. The Morgan fingerprint density at radius 3 is 2.92 bits per heavy atom. The summed E-state index contributed by atoms with van der Waals surface area (Å²) in [5.74, 6) is -0.0773. The van der Waals surface area contributed by atoms with Gasteiger partial charge < -0.3 is 4.74 Å². The largest absolute Gasteiger partial charge is 0.468 e. The summed E-state index contributed by atoms with van der Waals surface area (Å²) in [6.07, 6.45) is 10.1. The number of rotatable bonds is 2. The van der Waals surface area contributed by atoms with Crippen LogP contribution in [0.2, 0.25) is 0 Å². The summed E-state index contributed by atoms with van der Waals surface area (Å²) in [6.45, 7) is 0. The quantitative estimate of drug-likeness (QED) is 0.506. The first kappa shape index (κ1) is 10.6. The molecule has 0 fully saturated rings. The lowest BCUT2D eigenvalue weighted by Crippen LogP contribution is -2.35. The van der Waals surface area contributed by atoms with Gasteiger partial charge >= 0.3 is 5.97 Å². The van der Waals surface area contributed by atoms with Gasteiger partial charge in [0, 0.05) is 0 Å². The fraction of sp³-hybridized carbons (Fsp3) is 0.700.